The number of rotatable bonds is 6. The number of methoxy groups -OCH3 is 1. The highest BCUT2D eigenvalue weighted by Gasteiger charge is 2.10. The summed E-state index contributed by atoms with van der Waals surface area (Å²) in [6.07, 6.45) is -0.183. The molecule has 0 heterocycles. The fraction of sp³-hybridized carbons (Fsp3) is 0.429. The third-order valence-electron chi connectivity index (χ3n) is 2.62. The molecule has 5 heteroatoms. The third-order valence-corrected chi connectivity index (χ3v) is 2.62. The van der Waals surface area contributed by atoms with E-state index in [0.717, 1.165) is 16.8 Å². The molecule has 0 spiro atoms. The molecule has 0 aliphatic rings. The van der Waals surface area contributed by atoms with Gasteiger partial charge in [-0.25, -0.2) is 0 Å². The third kappa shape index (κ3) is 5.52. The Hall–Kier alpha value is -1.88. The molecule has 104 valence electrons. The molecule has 1 rings (SSSR count). The molecule has 1 aromatic carbocycles. The first-order chi connectivity index (χ1) is 9.02. The van der Waals surface area contributed by atoms with Crippen LogP contribution in [0.15, 0.2) is 18.2 Å². The molecular weight excluding hydrogens is 244 g/mol. The van der Waals surface area contributed by atoms with Crippen molar-refractivity contribution >= 4 is 17.5 Å². The predicted octanol–water partition coefficient (Wildman–Crippen LogP) is 1.39. The van der Waals surface area contributed by atoms with Crippen molar-refractivity contribution in [3.63, 3.8) is 0 Å². The highest BCUT2D eigenvalue weighted by atomic mass is 16.5. The van der Waals surface area contributed by atoms with E-state index in [9.17, 15) is 9.59 Å². The molecule has 0 aliphatic heterocycles. The molecule has 2 N–H and O–H groups in total. The smallest absolute Gasteiger partial charge is 0.233 e. The minimum absolute atomic E-state index is 0.183. The minimum Gasteiger partial charge on any atom is -0.383 e. The second-order valence-electron chi connectivity index (χ2n) is 4.39. The maximum absolute atomic E-state index is 11.7. The van der Waals surface area contributed by atoms with E-state index in [-0.39, 0.29) is 18.2 Å². The van der Waals surface area contributed by atoms with Crippen molar-refractivity contribution in [3.8, 4) is 0 Å². The van der Waals surface area contributed by atoms with Gasteiger partial charge in [-0.1, -0.05) is 12.1 Å². The van der Waals surface area contributed by atoms with Gasteiger partial charge in [0.15, 0.2) is 0 Å². The van der Waals surface area contributed by atoms with Gasteiger partial charge in [0.05, 0.1) is 6.61 Å². The zero-order valence-corrected chi connectivity index (χ0v) is 11.6. The summed E-state index contributed by atoms with van der Waals surface area (Å²) in [5.74, 6) is -0.622. The van der Waals surface area contributed by atoms with Gasteiger partial charge in [-0.05, 0) is 31.0 Å². The molecule has 1 aromatic rings. The van der Waals surface area contributed by atoms with E-state index in [4.69, 9.17) is 4.74 Å². The lowest BCUT2D eigenvalue weighted by atomic mass is 10.1. The van der Waals surface area contributed by atoms with Gasteiger partial charge in [-0.2, -0.15) is 0 Å². The number of aryl methyl sites for hydroxylation is 2. The van der Waals surface area contributed by atoms with Crippen LogP contribution in [-0.4, -0.2) is 32.1 Å². The molecule has 0 radical (unpaired) electrons. The van der Waals surface area contributed by atoms with Crippen molar-refractivity contribution in [1.82, 2.24) is 5.32 Å². The Kier molecular flexibility index (Phi) is 6.02. The Labute approximate surface area is 113 Å². The molecule has 0 unspecified atom stereocenters. The number of hydrogen-bond donors (Lipinski definition) is 2. The SMILES string of the molecule is COCCNC(=O)CC(=O)Nc1cc(C)ccc1C. The zero-order chi connectivity index (χ0) is 14.3. The van der Waals surface area contributed by atoms with Gasteiger partial charge >= 0.3 is 0 Å². The Morgan fingerprint density at radius 2 is 1.95 bits per heavy atom. The topological polar surface area (TPSA) is 67.4 Å². The minimum atomic E-state index is -0.316. The van der Waals surface area contributed by atoms with Crippen LogP contribution in [0.3, 0.4) is 0 Å². The van der Waals surface area contributed by atoms with Crippen LogP contribution in [0, 0.1) is 13.8 Å². The second kappa shape index (κ2) is 7.53. The largest absolute Gasteiger partial charge is 0.383 e. The van der Waals surface area contributed by atoms with E-state index in [1.165, 1.54) is 0 Å². The lowest BCUT2D eigenvalue weighted by molar-refractivity contribution is -0.126. The van der Waals surface area contributed by atoms with Gasteiger partial charge in [0.1, 0.15) is 6.42 Å². The van der Waals surface area contributed by atoms with E-state index in [1.807, 2.05) is 32.0 Å². The van der Waals surface area contributed by atoms with Gasteiger partial charge in [-0.15, -0.1) is 0 Å². The molecule has 0 bridgehead atoms. The first-order valence-corrected chi connectivity index (χ1v) is 6.15. The summed E-state index contributed by atoms with van der Waals surface area (Å²) in [6.45, 7) is 4.71. The highest BCUT2D eigenvalue weighted by Crippen LogP contribution is 2.16. The van der Waals surface area contributed by atoms with E-state index in [1.54, 1.807) is 7.11 Å². The highest BCUT2D eigenvalue weighted by molar-refractivity contribution is 6.03. The summed E-state index contributed by atoms with van der Waals surface area (Å²) in [4.78, 5) is 23.2. The van der Waals surface area contributed by atoms with Crippen LogP contribution in [0.4, 0.5) is 5.69 Å². The molecule has 19 heavy (non-hydrogen) atoms. The average Bonchev–Trinajstić information content (AvgIpc) is 2.34. The fourth-order valence-corrected chi connectivity index (χ4v) is 1.57. The average molecular weight is 264 g/mol. The fourth-order valence-electron chi connectivity index (χ4n) is 1.57. The number of benzene rings is 1. The van der Waals surface area contributed by atoms with Crippen LogP contribution in [-0.2, 0) is 14.3 Å². The number of carbonyl (C=O) groups is 2. The van der Waals surface area contributed by atoms with Crippen molar-refractivity contribution in [3.05, 3.63) is 29.3 Å². The molecule has 0 saturated heterocycles. The first-order valence-electron chi connectivity index (χ1n) is 6.15. The summed E-state index contributed by atoms with van der Waals surface area (Å²) in [6, 6.07) is 5.79. The molecule has 0 aromatic heterocycles. The van der Waals surface area contributed by atoms with E-state index >= 15 is 0 Å². The number of anilines is 1. The van der Waals surface area contributed by atoms with Gasteiger partial charge in [0.25, 0.3) is 0 Å². The lowest BCUT2D eigenvalue weighted by Gasteiger charge is -2.09. The molecular formula is C14H20N2O3. The van der Waals surface area contributed by atoms with Gasteiger partial charge in [0, 0.05) is 19.3 Å². The number of hydrogen-bond acceptors (Lipinski definition) is 3. The first kappa shape index (κ1) is 15.2. The van der Waals surface area contributed by atoms with Crippen LogP contribution in [0.25, 0.3) is 0 Å². The van der Waals surface area contributed by atoms with E-state index in [2.05, 4.69) is 10.6 Å². The molecule has 0 fully saturated rings. The Bertz CT molecular complexity index is 458. The van der Waals surface area contributed by atoms with Crippen molar-refractivity contribution in [2.75, 3.05) is 25.6 Å². The predicted molar refractivity (Wildman–Crippen MR) is 74.0 cm³/mol. The van der Waals surface area contributed by atoms with Crippen LogP contribution in [0.1, 0.15) is 17.5 Å². The van der Waals surface area contributed by atoms with Crippen molar-refractivity contribution in [2.45, 2.75) is 20.3 Å². The maximum atomic E-state index is 11.7. The summed E-state index contributed by atoms with van der Waals surface area (Å²) in [5.41, 5.74) is 2.78. The zero-order valence-electron chi connectivity index (χ0n) is 11.6. The molecule has 0 saturated carbocycles. The van der Waals surface area contributed by atoms with Crippen LogP contribution in [0.2, 0.25) is 0 Å². The monoisotopic (exact) mass is 264 g/mol. The standard InChI is InChI=1S/C14H20N2O3/c1-10-4-5-11(2)12(8-10)16-14(18)9-13(17)15-6-7-19-3/h4-5,8H,6-7,9H2,1-3H3,(H,15,17)(H,16,18). The van der Waals surface area contributed by atoms with Crippen LogP contribution in [0.5, 0.6) is 0 Å². The van der Waals surface area contributed by atoms with Crippen molar-refractivity contribution < 1.29 is 14.3 Å². The van der Waals surface area contributed by atoms with E-state index < -0.39 is 0 Å². The van der Waals surface area contributed by atoms with Crippen LogP contribution >= 0.6 is 0 Å². The number of carbonyl (C=O) groups excluding carboxylic acids is 2. The second-order valence-corrected chi connectivity index (χ2v) is 4.39. The molecule has 0 aliphatic carbocycles. The number of ether oxygens (including phenoxy) is 1. The lowest BCUT2D eigenvalue weighted by Crippen LogP contribution is -2.30. The van der Waals surface area contributed by atoms with Crippen molar-refractivity contribution in [2.24, 2.45) is 0 Å². The molecule has 2 amide bonds. The summed E-state index contributed by atoms with van der Waals surface area (Å²) < 4.78 is 4.81. The van der Waals surface area contributed by atoms with Crippen molar-refractivity contribution in [1.29, 1.82) is 0 Å². The van der Waals surface area contributed by atoms with Gasteiger partial charge in [-0.3, -0.25) is 9.59 Å². The molecule has 5 nitrogen and oxygen atoms in total. The van der Waals surface area contributed by atoms with Gasteiger partial charge in [0.2, 0.25) is 11.8 Å². The number of nitrogens with one attached hydrogen (secondary N) is 2. The van der Waals surface area contributed by atoms with E-state index in [0.29, 0.717) is 13.2 Å². The summed E-state index contributed by atoms with van der Waals surface area (Å²) in [5, 5.41) is 5.34. The summed E-state index contributed by atoms with van der Waals surface area (Å²) >= 11 is 0. The normalized spacial score (nSPS) is 10.1. The maximum Gasteiger partial charge on any atom is 0.233 e. The Morgan fingerprint density at radius 3 is 2.63 bits per heavy atom. The Balaban J connectivity index is 2.46. The molecule has 0 atom stereocenters. The van der Waals surface area contributed by atoms with Gasteiger partial charge < -0.3 is 15.4 Å². The van der Waals surface area contributed by atoms with Crippen LogP contribution < -0.4 is 10.6 Å². The summed E-state index contributed by atoms with van der Waals surface area (Å²) in [7, 11) is 1.55. The Morgan fingerprint density at radius 1 is 1.21 bits per heavy atom. The number of amides is 2. The quantitative estimate of drug-likeness (QED) is 0.603.